The molecule has 7 heteroatoms. The van der Waals surface area contributed by atoms with E-state index < -0.39 is 5.91 Å². The van der Waals surface area contributed by atoms with Crippen molar-refractivity contribution < 1.29 is 9.90 Å². The molecule has 2 N–H and O–H groups in total. The molecule has 1 amide bonds. The highest BCUT2D eigenvalue weighted by Crippen LogP contribution is 2.40. The van der Waals surface area contributed by atoms with Gasteiger partial charge in [0, 0.05) is 17.1 Å². The van der Waals surface area contributed by atoms with Crippen molar-refractivity contribution in [3.05, 3.63) is 41.7 Å². The van der Waals surface area contributed by atoms with Crippen molar-refractivity contribution in [2.24, 2.45) is 10.2 Å². The molecule has 3 rings (SSSR count). The number of H-pyrrole nitrogens is 1. The van der Waals surface area contributed by atoms with Gasteiger partial charge < -0.3 is 9.67 Å². The predicted octanol–water partition coefficient (Wildman–Crippen LogP) is 3.88. The van der Waals surface area contributed by atoms with E-state index in [1.807, 2.05) is 38.1 Å². The number of nitrogens with one attached hydrogen (secondary N) is 1. The lowest BCUT2D eigenvalue weighted by Gasteiger charge is -2.10. The molecular formula is C16H17N5O2. The number of aryl methyl sites for hydroxylation is 1. The van der Waals surface area contributed by atoms with Gasteiger partial charge in [0.1, 0.15) is 0 Å². The lowest BCUT2D eigenvalue weighted by atomic mass is 10.2. The number of nitrogens with zero attached hydrogens (tertiary/aromatic N) is 4. The highest BCUT2D eigenvalue weighted by molar-refractivity contribution is 5.96. The Labute approximate surface area is 132 Å². The third-order valence-corrected chi connectivity index (χ3v) is 3.54. The zero-order valence-corrected chi connectivity index (χ0v) is 13.1. The Hall–Kier alpha value is -2.96. The highest BCUT2D eigenvalue weighted by atomic mass is 16.3. The molecular weight excluding hydrogens is 294 g/mol. The summed E-state index contributed by atoms with van der Waals surface area (Å²) >= 11 is 0. The van der Waals surface area contributed by atoms with Gasteiger partial charge in [-0.05, 0) is 32.9 Å². The number of benzene rings is 1. The number of rotatable bonds is 3. The van der Waals surface area contributed by atoms with Gasteiger partial charge >= 0.3 is 5.91 Å². The second-order valence-corrected chi connectivity index (χ2v) is 5.59. The molecule has 0 aliphatic carbocycles. The van der Waals surface area contributed by atoms with Crippen molar-refractivity contribution in [2.45, 2.75) is 26.8 Å². The van der Waals surface area contributed by atoms with Crippen LogP contribution in [-0.4, -0.2) is 25.8 Å². The van der Waals surface area contributed by atoms with E-state index in [0.29, 0.717) is 0 Å². The molecule has 0 saturated heterocycles. The normalized spacial score (nSPS) is 11.8. The van der Waals surface area contributed by atoms with E-state index in [2.05, 4.69) is 20.4 Å². The molecule has 0 unspecified atom stereocenters. The topological polar surface area (TPSA) is 95.6 Å². The lowest BCUT2D eigenvalue weighted by Crippen LogP contribution is -1.98. The zero-order valence-electron chi connectivity index (χ0n) is 13.1. The molecule has 0 bridgehead atoms. The first-order valence-electron chi connectivity index (χ1n) is 7.29. The monoisotopic (exact) mass is 311 g/mol. The van der Waals surface area contributed by atoms with Crippen LogP contribution < -0.4 is 0 Å². The molecule has 0 fully saturated rings. The Morgan fingerprint density at radius 2 is 2.09 bits per heavy atom. The largest absolute Gasteiger partial charge is 0.493 e. The molecule has 0 saturated carbocycles. The van der Waals surface area contributed by atoms with Crippen LogP contribution in [0, 0.1) is 6.92 Å². The van der Waals surface area contributed by atoms with Gasteiger partial charge in [0.2, 0.25) is 5.88 Å². The molecule has 23 heavy (non-hydrogen) atoms. The van der Waals surface area contributed by atoms with Crippen LogP contribution in [0.4, 0.5) is 5.69 Å². The van der Waals surface area contributed by atoms with Crippen molar-refractivity contribution in [3.63, 3.8) is 0 Å². The van der Waals surface area contributed by atoms with Crippen molar-refractivity contribution in [1.82, 2.24) is 14.8 Å². The molecule has 118 valence electrons. The second-order valence-electron chi connectivity index (χ2n) is 5.59. The van der Waals surface area contributed by atoms with Gasteiger partial charge in [0.25, 0.3) is 0 Å². The first kappa shape index (κ1) is 15.0. The summed E-state index contributed by atoms with van der Waals surface area (Å²) in [7, 11) is 0. The summed E-state index contributed by atoms with van der Waals surface area (Å²) < 4.78 is 1.76. The Morgan fingerprint density at radius 1 is 1.35 bits per heavy atom. The average Bonchev–Trinajstić information content (AvgIpc) is 3.06. The Bertz CT molecular complexity index is 904. The number of fused-ring (bicyclic) bond motifs is 1. The number of aromatic hydroxyl groups is 1. The molecule has 0 spiro atoms. The fourth-order valence-electron chi connectivity index (χ4n) is 2.53. The van der Waals surface area contributed by atoms with Crippen LogP contribution in [0.1, 0.15) is 36.1 Å². The van der Waals surface area contributed by atoms with E-state index in [4.69, 9.17) is 0 Å². The zero-order chi connectivity index (χ0) is 16.6. The summed E-state index contributed by atoms with van der Waals surface area (Å²) in [5.74, 6) is -0.564. The number of amides is 1. The fourth-order valence-corrected chi connectivity index (χ4v) is 2.53. The summed E-state index contributed by atoms with van der Waals surface area (Å²) in [5, 5.41) is 25.4. The van der Waals surface area contributed by atoms with Gasteiger partial charge in [-0.2, -0.15) is 5.10 Å². The van der Waals surface area contributed by atoms with E-state index in [-0.39, 0.29) is 23.3 Å². The van der Waals surface area contributed by atoms with Gasteiger partial charge in [-0.15, -0.1) is 10.2 Å². The van der Waals surface area contributed by atoms with Crippen LogP contribution in [0.2, 0.25) is 0 Å². The Kier molecular flexibility index (Phi) is 3.69. The van der Waals surface area contributed by atoms with Crippen LogP contribution in [0.5, 0.6) is 5.88 Å². The number of azo groups is 1. The number of hydrogen-bond donors (Lipinski definition) is 2. The standard InChI is InChI=1S/C16H17N5O2/c1-9(2)21-13-7-5-4-6-11(13)14(16(21)23)19-20-15(22)12-8-10(3)17-18-12/h4-9,23H,1-3H3,(H,17,18). The van der Waals surface area contributed by atoms with E-state index in [1.165, 1.54) is 0 Å². The highest BCUT2D eigenvalue weighted by Gasteiger charge is 2.18. The van der Waals surface area contributed by atoms with Crippen molar-refractivity contribution in [3.8, 4) is 5.88 Å². The summed E-state index contributed by atoms with van der Waals surface area (Å²) in [6.07, 6.45) is 0. The molecule has 3 aromatic rings. The van der Waals surface area contributed by atoms with Gasteiger partial charge in [0.05, 0.1) is 5.52 Å². The minimum atomic E-state index is -0.560. The number of para-hydroxylation sites is 1. The predicted molar refractivity (Wildman–Crippen MR) is 86.2 cm³/mol. The summed E-state index contributed by atoms with van der Waals surface area (Å²) in [5.41, 5.74) is 2.09. The van der Waals surface area contributed by atoms with E-state index in [1.54, 1.807) is 17.6 Å². The van der Waals surface area contributed by atoms with Gasteiger partial charge in [-0.25, -0.2) is 0 Å². The van der Waals surface area contributed by atoms with Crippen LogP contribution in [-0.2, 0) is 0 Å². The first-order chi connectivity index (χ1) is 11.0. The van der Waals surface area contributed by atoms with E-state index in [0.717, 1.165) is 16.6 Å². The molecule has 2 aromatic heterocycles. The molecule has 2 heterocycles. The maximum absolute atomic E-state index is 12.0. The molecule has 7 nitrogen and oxygen atoms in total. The SMILES string of the molecule is Cc1cc(C(=O)N=Nc2c(O)n(C(C)C)c3ccccc23)n[nH]1. The number of aromatic nitrogens is 3. The summed E-state index contributed by atoms with van der Waals surface area (Å²) in [6, 6.07) is 9.12. The number of aromatic amines is 1. The summed E-state index contributed by atoms with van der Waals surface area (Å²) in [6.45, 7) is 5.72. The molecule has 0 radical (unpaired) electrons. The van der Waals surface area contributed by atoms with Gasteiger partial charge in [-0.3, -0.25) is 9.89 Å². The maximum Gasteiger partial charge on any atom is 0.315 e. The smallest absolute Gasteiger partial charge is 0.315 e. The maximum atomic E-state index is 12.0. The van der Waals surface area contributed by atoms with Crippen LogP contribution in [0.15, 0.2) is 40.6 Å². The minimum Gasteiger partial charge on any atom is -0.493 e. The quantitative estimate of drug-likeness (QED) is 0.718. The summed E-state index contributed by atoms with van der Waals surface area (Å²) in [4.78, 5) is 12.0. The van der Waals surface area contributed by atoms with Gasteiger partial charge in [0.15, 0.2) is 11.4 Å². The Balaban J connectivity index is 2.05. The van der Waals surface area contributed by atoms with E-state index in [9.17, 15) is 9.90 Å². The third-order valence-electron chi connectivity index (χ3n) is 3.54. The number of carbonyl (C=O) groups is 1. The minimum absolute atomic E-state index is 0.00374. The Morgan fingerprint density at radius 3 is 2.74 bits per heavy atom. The molecule has 0 aliphatic heterocycles. The van der Waals surface area contributed by atoms with Crippen LogP contribution in [0.3, 0.4) is 0 Å². The first-order valence-corrected chi connectivity index (χ1v) is 7.29. The van der Waals surface area contributed by atoms with Crippen molar-refractivity contribution in [2.75, 3.05) is 0 Å². The second kappa shape index (κ2) is 5.68. The number of hydrogen-bond acceptors (Lipinski definition) is 4. The molecule has 1 aromatic carbocycles. The molecule has 0 aliphatic rings. The number of carbonyl (C=O) groups excluding carboxylic acids is 1. The third kappa shape index (κ3) is 2.61. The van der Waals surface area contributed by atoms with E-state index >= 15 is 0 Å². The molecule has 0 atom stereocenters. The van der Waals surface area contributed by atoms with Gasteiger partial charge in [-0.1, -0.05) is 18.2 Å². The van der Waals surface area contributed by atoms with Crippen LogP contribution >= 0.6 is 0 Å². The average molecular weight is 311 g/mol. The van der Waals surface area contributed by atoms with Crippen molar-refractivity contribution >= 4 is 22.5 Å². The van der Waals surface area contributed by atoms with Crippen molar-refractivity contribution in [1.29, 1.82) is 0 Å². The lowest BCUT2D eigenvalue weighted by molar-refractivity contribution is 0.0990. The van der Waals surface area contributed by atoms with Crippen LogP contribution in [0.25, 0.3) is 10.9 Å². The fraction of sp³-hybridized carbons (Fsp3) is 0.250.